The van der Waals surface area contributed by atoms with Gasteiger partial charge >= 0.3 is 0 Å². The van der Waals surface area contributed by atoms with Crippen LogP contribution in [0.25, 0.3) is 0 Å². The number of hydrogen-bond donors (Lipinski definition) is 1. The second kappa shape index (κ2) is 2.28. The molecule has 0 amide bonds. The Labute approximate surface area is 92.5 Å². The van der Waals surface area contributed by atoms with Gasteiger partial charge in [0.25, 0.3) is 0 Å². The van der Waals surface area contributed by atoms with E-state index in [0.717, 1.165) is 12.8 Å². The van der Waals surface area contributed by atoms with Crippen molar-refractivity contribution in [3.63, 3.8) is 0 Å². The molecule has 3 rings (SSSR count). The molecule has 2 fully saturated rings. The third-order valence-corrected chi connectivity index (χ3v) is 6.48. The van der Waals surface area contributed by atoms with Gasteiger partial charge in [0.1, 0.15) is 5.60 Å². The lowest BCUT2D eigenvalue weighted by molar-refractivity contribution is -0.173. The summed E-state index contributed by atoms with van der Waals surface area (Å²) in [5.74, 6) is 0.244. The molecule has 1 aliphatic carbocycles. The minimum absolute atomic E-state index is 0.114. The van der Waals surface area contributed by atoms with Gasteiger partial charge in [-0.1, -0.05) is 28.1 Å². The van der Waals surface area contributed by atoms with Gasteiger partial charge in [-0.15, -0.1) is 0 Å². The Morgan fingerprint density at radius 3 is 2.93 bits per heavy atom. The zero-order valence-electron chi connectivity index (χ0n) is 8.46. The van der Waals surface area contributed by atoms with E-state index in [2.05, 4.69) is 35.0 Å². The van der Waals surface area contributed by atoms with Crippen molar-refractivity contribution >= 4 is 15.9 Å². The molecule has 78 valence electrons. The van der Waals surface area contributed by atoms with E-state index < -0.39 is 5.60 Å². The van der Waals surface area contributed by atoms with Crippen LogP contribution < -0.4 is 0 Å². The van der Waals surface area contributed by atoms with Crippen molar-refractivity contribution < 1.29 is 9.84 Å². The summed E-state index contributed by atoms with van der Waals surface area (Å²) < 4.78 is 5.69. The molecule has 0 aromatic rings. The van der Waals surface area contributed by atoms with Crippen molar-refractivity contribution in [2.75, 3.05) is 0 Å². The van der Waals surface area contributed by atoms with E-state index in [9.17, 15) is 5.11 Å². The largest absolute Gasteiger partial charge is 0.388 e. The Kier molecular flexibility index (Phi) is 1.53. The molecular weight excluding hydrogens is 244 g/mol. The van der Waals surface area contributed by atoms with Crippen LogP contribution in [0.1, 0.15) is 26.7 Å². The summed E-state index contributed by atoms with van der Waals surface area (Å²) >= 11 is 3.74. The summed E-state index contributed by atoms with van der Waals surface area (Å²) in [6, 6.07) is 0. The molecule has 14 heavy (non-hydrogen) atoms. The van der Waals surface area contributed by atoms with Crippen LogP contribution in [0.5, 0.6) is 0 Å². The topological polar surface area (TPSA) is 29.5 Å². The summed E-state index contributed by atoms with van der Waals surface area (Å²) in [4.78, 5) is 0. The molecule has 1 unspecified atom stereocenters. The molecule has 2 nitrogen and oxygen atoms in total. The number of rotatable bonds is 0. The fourth-order valence-electron chi connectivity index (χ4n) is 3.50. The first-order valence-electron chi connectivity index (χ1n) is 5.19. The van der Waals surface area contributed by atoms with Crippen molar-refractivity contribution in [3.8, 4) is 0 Å². The highest BCUT2D eigenvalue weighted by atomic mass is 79.9. The van der Waals surface area contributed by atoms with E-state index in [0.29, 0.717) is 0 Å². The predicted octanol–water partition coefficient (Wildman–Crippen LogP) is 2.01. The molecule has 5 atom stereocenters. The summed E-state index contributed by atoms with van der Waals surface area (Å²) in [5, 5.41) is 10.6. The fraction of sp³-hybridized carbons (Fsp3) is 0.818. The standard InChI is InChI=1S/C11H15BrO2/c1-9-5-4-8(14-9)7-3-6-11(9,12)10(7,2)13/h4-5,7-8,13H,3,6H2,1-2H3/t7-,8-,9+,10?,11-/m0/s1. The zero-order valence-corrected chi connectivity index (χ0v) is 10.0. The van der Waals surface area contributed by atoms with E-state index >= 15 is 0 Å². The van der Waals surface area contributed by atoms with E-state index in [-0.39, 0.29) is 21.9 Å². The normalized spacial score (nSPS) is 64.9. The van der Waals surface area contributed by atoms with Crippen LogP contribution in [0.2, 0.25) is 0 Å². The Morgan fingerprint density at radius 1 is 1.50 bits per heavy atom. The first-order valence-corrected chi connectivity index (χ1v) is 5.98. The lowest BCUT2D eigenvalue weighted by Crippen LogP contribution is -2.64. The summed E-state index contributed by atoms with van der Waals surface area (Å²) in [7, 11) is 0. The lowest BCUT2D eigenvalue weighted by atomic mass is 9.74. The molecule has 0 spiro atoms. The highest BCUT2D eigenvalue weighted by Crippen LogP contribution is 2.63. The third kappa shape index (κ3) is 0.739. The zero-order chi connectivity index (χ0) is 10.2. The molecule has 4 bridgehead atoms. The van der Waals surface area contributed by atoms with Gasteiger partial charge in [0.2, 0.25) is 0 Å². The van der Waals surface area contributed by atoms with Crippen molar-refractivity contribution in [2.45, 2.75) is 48.3 Å². The number of alkyl halides is 1. The average Bonchev–Trinajstić information content (AvgIpc) is 2.51. The molecule has 3 aliphatic rings. The summed E-state index contributed by atoms with van der Waals surface area (Å²) in [6.07, 6.45) is 6.37. The van der Waals surface area contributed by atoms with Gasteiger partial charge in [0.15, 0.2) is 0 Å². The predicted molar refractivity (Wildman–Crippen MR) is 57.4 cm³/mol. The van der Waals surface area contributed by atoms with Crippen LogP contribution in [-0.2, 0) is 4.74 Å². The molecular formula is C11H15BrO2. The van der Waals surface area contributed by atoms with Crippen LogP contribution in [0, 0.1) is 5.92 Å². The average molecular weight is 259 g/mol. The molecule has 0 aromatic heterocycles. The SMILES string of the molecule is CC1(O)[C@H]2CC[C@]1(Br)[C@@]1(C)C=C[C@@H]2O1. The van der Waals surface area contributed by atoms with Gasteiger partial charge in [0.05, 0.1) is 16.0 Å². The van der Waals surface area contributed by atoms with Crippen molar-refractivity contribution in [1.82, 2.24) is 0 Å². The van der Waals surface area contributed by atoms with Gasteiger partial charge in [-0.2, -0.15) is 0 Å². The monoisotopic (exact) mass is 258 g/mol. The highest BCUT2D eigenvalue weighted by Gasteiger charge is 2.70. The first kappa shape index (κ1) is 9.37. The lowest BCUT2D eigenvalue weighted by Gasteiger charge is -2.52. The summed E-state index contributed by atoms with van der Waals surface area (Å²) in [5.41, 5.74) is -0.998. The Morgan fingerprint density at radius 2 is 2.21 bits per heavy atom. The van der Waals surface area contributed by atoms with E-state index in [1.54, 1.807) is 0 Å². The summed E-state index contributed by atoms with van der Waals surface area (Å²) in [6.45, 7) is 4.01. The number of ether oxygens (including phenoxy) is 1. The maximum Gasteiger partial charge on any atom is 0.102 e. The third-order valence-electron chi connectivity index (χ3n) is 4.49. The quantitative estimate of drug-likeness (QED) is 0.532. The maximum absolute atomic E-state index is 10.6. The van der Waals surface area contributed by atoms with E-state index in [1.807, 2.05) is 6.92 Å². The second-order valence-electron chi connectivity index (χ2n) is 5.14. The molecule has 0 radical (unpaired) electrons. The molecule has 3 heteroatoms. The Bertz CT molecular complexity index is 325. The fourth-order valence-corrected chi connectivity index (χ4v) is 4.25. The molecule has 1 N–H and O–H groups in total. The second-order valence-corrected chi connectivity index (χ2v) is 6.50. The van der Waals surface area contributed by atoms with E-state index in [1.165, 1.54) is 0 Å². The van der Waals surface area contributed by atoms with Crippen LogP contribution >= 0.6 is 15.9 Å². The van der Waals surface area contributed by atoms with Crippen LogP contribution in [-0.4, -0.2) is 26.7 Å². The molecule has 2 heterocycles. The van der Waals surface area contributed by atoms with E-state index in [4.69, 9.17) is 4.74 Å². The smallest absolute Gasteiger partial charge is 0.102 e. The van der Waals surface area contributed by atoms with Gasteiger partial charge in [-0.25, -0.2) is 0 Å². The molecule has 1 saturated heterocycles. The van der Waals surface area contributed by atoms with Crippen LogP contribution in [0.3, 0.4) is 0 Å². The van der Waals surface area contributed by atoms with Gasteiger partial charge in [-0.3, -0.25) is 0 Å². The first-order chi connectivity index (χ1) is 6.41. The van der Waals surface area contributed by atoms with Crippen LogP contribution in [0.15, 0.2) is 12.2 Å². The maximum atomic E-state index is 10.6. The van der Waals surface area contributed by atoms with Gasteiger partial charge in [-0.05, 0) is 26.7 Å². The van der Waals surface area contributed by atoms with Gasteiger partial charge < -0.3 is 9.84 Å². The number of halogens is 1. The number of hydrogen-bond acceptors (Lipinski definition) is 2. The number of fused-ring (bicyclic) bond motifs is 6. The minimum atomic E-state index is -0.659. The van der Waals surface area contributed by atoms with Crippen LogP contribution in [0.4, 0.5) is 0 Å². The van der Waals surface area contributed by atoms with Crippen molar-refractivity contribution in [2.24, 2.45) is 5.92 Å². The van der Waals surface area contributed by atoms with Crippen molar-refractivity contribution in [3.05, 3.63) is 12.2 Å². The number of aliphatic hydroxyl groups is 1. The Hall–Kier alpha value is 0.140. The molecule has 1 saturated carbocycles. The van der Waals surface area contributed by atoms with Crippen molar-refractivity contribution in [1.29, 1.82) is 0 Å². The highest BCUT2D eigenvalue weighted by molar-refractivity contribution is 9.10. The molecule has 2 aliphatic heterocycles. The Balaban J connectivity index is 2.20. The minimum Gasteiger partial charge on any atom is -0.388 e. The molecule has 0 aromatic carbocycles. The van der Waals surface area contributed by atoms with Gasteiger partial charge in [0, 0.05) is 5.92 Å².